The van der Waals surface area contributed by atoms with Crippen LogP contribution in [0.5, 0.6) is 0 Å². The number of benzene rings is 4. The van der Waals surface area contributed by atoms with Crippen molar-refractivity contribution < 1.29 is 33.4 Å². The lowest BCUT2D eigenvalue weighted by molar-refractivity contribution is -0.134. The van der Waals surface area contributed by atoms with Crippen molar-refractivity contribution in [2.45, 2.75) is 70.0 Å². The molecule has 67 heavy (non-hydrogen) atoms. The zero-order chi connectivity index (χ0) is 47.1. The highest BCUT2D eigenvalue weighted by atomic mass is 16.5. The largest absolute Gasteiger partial charge is 0.453 e. The number of nitrogens with one attached hydrogen (secondary N) is 4. The lowest BCUT2D eigenvalue weighted by Gasteiger charge is -2.28. The van der Waals surface area contributed by atoms with E-state index in [1.807, 2.05) is 47.6 Å². The van der Waals surface area contributed by atoms with Gasteiger partial charge < -0.3 is 44.6 Å². The molecule has 4 atom stereocenters. The van der Waals surface area contributed by atoms with Crippen LogP contribution < -0.4 is 10.6 Å². The molecule has 0 spiro atoms. The number of hydrogen-bond donors (Lipinski definition) is 4. The second-order valence-corrected chi connectivity index (χ2v) is 17.0. The molecule has 0 aliphatic carbocycles. The summed E-state index contributed by atoms with van der Waals surface area (Å²) >= 11 is 0. The van der Waals surface area contributed by atoms with E-state index in [4.69, 9.17) is 19.4 Å². The van der Waals surface area contributed by atoms with Gasteiger partial charge in [-0.1, -0.05) is 92.2 Å². The van der Waals surface area contributed by atoms with E-state index in [0.29, 0.717) is 36.8 Å². The number of H-pyrrole nitrogens is 2. The van der Waals surface area contributed by atoms with Crippen molar-refractivity contribution in [3.63, 3.8) is 0 Å². The maximum atomic E-state index is 13.9. The Morgan fingerprint density at radius 2 is 1.39 bits per heavy atom. The van der Waals surface area contributed by atoms with E-state index >= 15 is 0 Å². The van der Waals surface area contributed by atoms with E-state index in [2.05, 4.69) is 92.9 Å². The Hall–Kier alpha value is -6.84. The van der Waals surface area contributed by atoms with Crippen LogP contribution in [0.4, 0.5) is 4.79 Å². The molecular weight excluding hydrogens is 849 g/mol. The number of carbonyl (C=O) groups excluding carboxylic acids is 4. The number of methoxy groups -OCH3 is 2. The third-order valence-electron chi connectivity index (χ3n) is 12.6. The zero-order valence-electron chi connectivity index (χ0n) is 38.8. The van der Waals surface area contributed by atoms with Crippen molar-refractivity contribution in [1.82, 2.24) is 40.4 Å². The molecule has 2 aromatic heterocycles. The molecule has 4 N–H and O–H groups in total. The summed E-state index contributed by atoms with van der Waals surface area (Å²) in [6.07, 6.45) is 10.9. The summed E-state index contributed by atoms with van der Waals surface area (Å²) in [6, 6.07) is 29.0. The molecule has 0 radical (unpaired) electrons. The molecule has 4 unspecified atom stereocenters. The molecule has 352 valence electrons. The Labute approximate surface area is 392 Å². The first-order valence-electron chi connectivity index (χ1n) is 23.2. The molecule has 3 fully saturated rings. The number of alkyl carbamates (subject to hydrolysis) is 1. The fourth-order valence-electron chi connectivity index (χ4n) is 9.16. The number of hydrogen-bond acceptors (Lipinski definition) is 9. The molecule has 0 bridgehead atoms. The topological polar surface area (TPSA) is 184 Å². The predicted octanol–water partition coefficient (Wildman–Crippen LogP) is 8.54. The van der Waals surface area contributed by atoms with Gasteiger partial charge in [0.1, 0.15) is 17.7 Å². The van der Waals surface area contributed by atoms with Crippen LogP contribution in [-0.2, 0) is 28.6 Å². The molecule has 6 aromatic rings. The van der Waals surface area contributed by atoms with E-state index in [-0.39, 0.29) is 30.4 Å². The fraction of sp³-hybridized carbons (Fsp3) is 0.385. The third kappa shape index (κ3) is 11.8. The molecule has 3 aliphatic heterocycles. The second kappa shape index (κ2) is 23.6. The number of carbonyl (C=O) groups is 4. The smallest absolute Gasteiger partial charge is 0.407 e. The Morgan fingerprint density at radius 1 is 0.761 bits per heavy atom. The monoisotopic (exact) mass is 910 g/mol. The van der Waals surface area contributed by atoms with Crippen molar-refractivity contribution in [1.29, 1.82) is 0 Å². The lowest BCUT2D eigenvalue weighted by atomic mass is 9.97. The van der Waals surface area contributed by atoms with Gasteiger partial charge in [-0.3, -0.25) is 14.4 Å². The highest BCUT2D eigenvalue weighted by Gasteiger charge is 2.39. The normalized spacial score (nSPS) is 18.2. The van der Waals surface area contributed by atoms with Crippen LogP contribution in [-0.4, -0.2) is 108 Å². The molecule has 3 saturated heterocycles. The van der Waals surface area contributed by atoms with Crippen molar-refractivity contribution in [2.75, 3.05) is 54.2 Å². The van der Waals surface area contributed by atoms with E-state index in [0.717, 1.165) is 89.1 Å². The standard InChI is InChI=1S/C45H46N8O5.C5H10O.C2H6O/c1-3-28-19-21-53(39(55)26-46-27-54)41(28)43-48-24-36(50-43)30-13-11-29(12-14-30)32-15-16-34-23-35(18-17-33(34)22-32)37-25-47-42(49-37)38-10-7-20-52(38)44(56)40(51-45(57)58-2)31-8-5-4-6-9-31;1-2-4-6-5-3-1;1-3-2/h4-6,8-9,11-18,22-25,27-28,38,40-41H,3,7,10,19-21,26H2,1-2H3,(H,46,54)(H,47,49)(H,48,50)(H,51,57);1-5H2;1-2H3. The predicted molar refractivity (Wildman–Crippen MR) is 257 cm³/mol. The molecule has 9 rings (SSSR count). The van der Waals surface area contributed by atoms with Gasteiger partial charge in [0.15, 0.2) is 0 Å². The highest BCUT2D eigenvalue weighted by Crippen LogP contribution is 2.39. The van der Waals surface area contributed by atoms with Crippen LogP contribution in [0, 0.1) is 5.92 Å². The zero-order valence-corrected chi connectivity index (χ0v) is 38.8. The van der Waals surface area contributed by atoms with Gasteiger partial charge in [0.05, 0.1) is 49.5 Å². The molecule has 4 amide bonds. The summed E-state index contributed by atoms with van der Waals surface area (Å²) in [6.45, 7) is 5.31. The first-order chi connectivity index (χ1) is 32.8. The van der Waals surface area contributed by atoms with Crippen LogP contribution in [0.3, 0.4) is 0 Å². The molecule has 0 saturated carbocycles. The Balaban J connectivity index is 0.000000671. The summed E-state index contributed by atoms with van der Waals surface area (Å²) in [4.78, 5) is 69.8. The maximum Gasteiger partial charge on any atom is 0.407 e. The minimum absolute atomic E-state index is 0.0203. The van der Waals surface area contributed by atoms with Crippen LogP contribution >= 0.6 is 0 Å². The van der Waals surface area contributed by atoms with E-state index in [9.17, 15) is 19.2 Å². The summed E-state index contributed by atoms with van der Waals surface area (Å²) < 4.78 is 14.2. The number of rotatable bonds is 12. The first kappa shape index (κ1) is 48.1. The minimum Gasteiger partial charge on any atom is -0.453 e. The molecular formula is C52H62N8O7. The van der Waals surface area contributed by atoms with Crippen molar-refractivity contribution in [3.05, 3.63) is 121 Å². The summed E-state index contributed by atoms with van der Waals surface area (Å²) in [5, 5.41) is 7.40. The Kier molecular flexibility index (Phi) is 16.9. The quantitative estimate of drug-likeness (QED) is 0.0874. The first-order valence-corrected chi connectivity index (χ1v) is 23.2. The maximum absolute atomic E-state index is 13.9. The fourth-order valence-corrected chi connectivity index (χ4v) is 9.16. The van der Waals surface area contributed by atoms with Gasteiger partial charge in [0.25, 0.3) is 5.91 Å². The van der Waals surface area contributed by atoms with Gasteiger partial charge in [-0.15, -0.1) is 0 Å². The summed E-state index contributed by atoms with van der Waals surface area (Å²) in [5.74, 6) is 1.45. The Bertz CT molecular complexity index is 2540. The average Bonchev–Trinajstić information content (AvgIpc) is 4.23. The highest BCUT2D eigenvalue weighted by molar-refractivity contribution is 5.91. The summed E-state index contributed by atoms with van der Waals surface area (Å²) in [5.41, 5.74) is 6.59. The van der Waals surface area contributed by atoms with E-state index < -0.39 is 12.1 Å². The molecule has 15 heteroatoms. The van der Waals surface area contributed by atoms with E-state index in [1.165, 1.54) is 26.4 Å². The number of ether oxygens (including phenoxy) is 3. The van der Waals surface area contributed by atoms with Gasteiger partial charge in [0.2, 0.25) is 12.3 Å². The number of aromatic amines is 2. The van der Waals surface area contributed by atoms with E-state index in [1.54, 1.807) is 19.1 Å². The van der Waals surface area contributed by atoms with Gasteiger partial charge in [-0.2, -0.15) is 0 Å². The molecule has 15 nitrogen and oxygen atoms in total. The SMILES string of the molecule is C1CCOCC1.CCC1CCN(C(=O)CNC=O)C1c1ncc(-c2ccc(-c3ccc4cc(-c5cnc(C6CCCN6C(=O)C(NC(=O)OC)c6ccccc6)[nH]5)ccc4c3)cc2)[nH]1.COC. The number of nitrogens with zero attached hydrogens (tertiary/aromatic N) is 4. The van der Waals surface area contributed by atoms with Gasteiger partial charge >= 0.3 is 6.09 Å². The van der Waals surface area contributed by atoms with Crippen molar-refractivity contribution in [2.24, 2.45) is 5.92 Å². The molecule has 5 heterocycles. The third-order valence-corrected chi connectivity index (χ3v) is 12.6. The van der Waals surface area contributed by atoms with Crippen LogP contribution in [0.2, 0.25) is 0 Å². The molecule has 3 aliphatic rings. The Morgan fingerprint density at radius 3 is 2.03 bits per heavy atom. The number of imidazole rings is 2. The van der Waals surface area contributed by atoms with Crippen molar-refractivity contribution in [3.8, 4) is 33.6 Å². The summed E-state index contributed by atoms with van der Waals surface area (Å²) in [7, 11) is 4.53. The van der Waals surface area contributed by atoms with Gasteiger partial charge in [-0.25, -0.2) is 14.8 Å². The second-order valence-electron chi connectivity index (χ2n) is 17.0. The van der Waals surface area contributed by atoms with Crippen LogP contribution in [0.25, 0.3) is 44.4 Å². The number of fused-ring (bicyclic) bond motifs is 1. The van der Waals surface area contributed by atoms with Crippen LogP contribution in [0.1, 0.15) is 87.2 Å². The van der Waals surface area contributed by atoms with Gasteiger partial charge in [0, 0.05) is 46.1 Å². The number of likely N-dealkylation sites (tertiary alicyclic amines) is 2. The van der Waals surface area contributed by atoms with Crippen LogP contribution in [0.15, 0.2) is 103 Å². The number of amides is 4. The minimum atomic E-state index is -0.877. The van der Waals surface area contributed by atoms with Gasteiger partial charge in [-0.05, 0) is 89.6 Å². The van der Waals surface area contributed by atoms with Crippen molar-refractivity contribution >= 4 is 35.1 Å². The average molecular weight is 911 g/mol. The lowest BCUT2D eigenvalue weighted by Crippen LogP contribution is -2.42. The number of aromatic nitrogens is 4. The molecule has 4 aromatic carbocycles.